The van der Waals surface area contributed by atoms with Gasteiger partial charge in [-0.05, 0) is 18.3 Å². The number of carboxylic acid groups (broad SMARTS) is 1. The van der Waals surface area contributed by atoms with Gasteiger partial charge < -0.3 is 15.7 Å². The van der Waals surface area contributed by atoms with Crippen LogP contribution >= 0.6 is 0 Å². The van der Waals surface area contributed by atoms with Crippen LogP contribution in [0.5, 0.6) is 0 Å². The predicted molar refractivity (Wildman–Crippen MR) is 74.2 cm³/mol. The topological polar surface area (TPSA) is 113 Å². The molecule has 7 nitrogen and oxygen atoms in total. The molecule has 1 aliphatic rings. The van der Waals surface area contributed by atoms with E-state index in [1.807, 2.05) is 0 Å². The Morgan fingerprint density at radius 1 is 1.20 bits per heavy atom. The molecular weight excluding hydrogens is 284 g/mol. The smallest absolute Gasteiger partial charge is 0.326 e. The zero-order chi connectivity index (χ0) is 15.6. The average Bonchev–Trinajstić information content (AvgIpc) is 2.27. The normalized spacial score (nSPS) is 20.9. The van der Waals surface area contributed by atoms with Crippen LogP contribution in [0.3, 0.4) is 0 Å². The highest BCUT2D eigenvalue weighted by atomic mass is 32.2. The fourth-order valence-corrected chi connectivity index (χ4v) is 3.53. The van der Waals surface area contributed by atoms with Crippen molar-refractivity contribution in [3.63, 3.8) is 0 Å². The molecule has 116 valence electrons. The number of aliphatic carboxylic acids is 1. The third kappa shape index (κ3) is 4.99. The number of carbonyl (C=O) groups excluding carboxylic acids is 1. The van der Waals surface area contributed by atoms with E-state index >= 15 is 0 Å². The molecule has 3 N–H and O–H groups in total. The zero-order valence-corrected chi connectivity index (χ0v) is 12.8. The maximum Gasteiger partial charge on any atom is 0.326 e. The number of nitrogens with one attached hydrogen (secondary N) is 2. The highest BCUT2D eigenvalue weighted by molar-refractivity contribution is 7.91. The molecule has 0 aromatic carbocycles. The highest BCUT2D eigenvalue weighted by Gasteiger charge is 2.33. The van der Waals surface area contributed by atoms with Crippen LogP contribution in [0.1, 0.15) is 33.6 Å². The molecule has 1 fully saturated rings. The van der Waals surface area contributed by atoms with E-state index in [0.29, 0.717) is 12.8 Å². The van der Waals surface area contributed by atoms with Gasteiger partial charge >= 0.3 is 12.0 Å². The number of sulfone groups is 1. The molecule has 1 atom stereocenters. The summed E-state index contributed by atoms with van der Waals surface area (Å²) in [5.74, 6) is -0.988. The SMILES string of the molecule is CC(C)(C)C(NC(=O)NC1CCS(=O)(=O)CC1)C(=O)O. The second kappa shape index (κ2) is 5.99. The standard InChI is InChI=1S/C12H22N2O5S/c1-12(2,3)9(10(15)16)14-11(17)13-8-4-6-20(18,19)7-5-8/h8-9H,4-7H2,1-3H3,(H,15,16)(H2,13,14,17). The number of urea groups is 1. The molecule has 0 aromatic heterocycles. The Bertz CT molecular complexity index is 467. The number of amides is 2. The van der Waals surface area contributed by atoms with Gasteiger partial charge in [0.05, 0.1) is 11.5 Å². The molecule has 1 heterocycles. The summed E-state index contributed by atoms with van der Waals surface area (Å²) in [6.07, 6.45) is 0.728. The minimum atomic E-state index is -2.98. The second-order valence-electron chi connectivity index (χ2n) is 6.18. The van der Waals surface area contributed by atoms with Crippen molar-refractivity contribution in [2.24, 2.45) is 5.41 Å². The number of rotatable bonds is 3. The zero-order valence-electron chi connectivity index (χ0n) is 12.0. The van der Waals surface area contributed by atoms with E-state index in [1.54, 1.807) is 20.8 Å². The highest BCUT2D eigenvalue weighted by Crippen LogP contribution is 2.19. The number of carbonyl (C=O) groups is 2. The van der Waals surface area contributed by atoms with Crippen molar-refractivity contribution in [1.29, 1.82) is 0 Å². The number of hydrogen-bond acceptors (Lipinski definition) is 4. The maximum atomic E-state index is 11.8. The first kappa shape index (κ1) is 16.7. The molecule has 20 heavy (non-hydrogen) atoms. The summed E-state index contributed by atoms with van der Waals surface area (Å²) in [7, 11) is -2.98. The Morgan fingerprint density at radius 3 is 2.10 bits per heavy atom. The van der Waals surface area contributed by atoms with Gasteiger partial charge in [-0.1, -0.05) is 20.8 Å². The molecule has 2 amide bonds. The van der Waals surface area contributed by atoms with E-state index in [-0.39, 0.29) is 17.5 Å². The fraction of sp³-hybridized carbons (Fsp3) is 0.833. The molecule has 1 rings (SSSR count). The van der Waals surface area contributed by atoms with E-state index in [4.69, 9.17) is 5.11 Å². The van der Waals surface area contributed by atoms with Crippen molar-refractivity contribution in [3.8, 4) is 0 Å². The van der Waals surface area contributed by atoms with Gasteiger partial charge in [0, 0.05) is 6.04 Å². The summed E-state index contributed by atoms with van der Waals surface area (Å²) < 4.78 is 22.5. The number of hydrogen-bond donors (Lipinski definition) is 3. The van der Waals surface area contributed by atoms with Gasteiger partial charge in [0.25, 0.3) is 0 Å². The lowest BCUT2D eigenvalue weighted by molar-refractivity contribution is -0.141. The van der Waals surface area contributed by atoms with Crippen LogP contribution in [-0.4, -0.2) is 49.1 Å². The lowest BCUT2D eigenvalue weighted by atomic mass is 9.87. The van der Waals surface area contributed by atoms with Crippen LogP contribution in [0.2, 0.25) is 0 Å². The Kier molecular flexibility index (Phi) is 5.01. The summed E-state index contributed by atoms with van der Waals surface area (Å²) in [5, 5.41) is 14.2. The van der Waals surface area contributed by atoms with Crippen molar-refractivity contribution in [1.82, 2.24) is 10.6 Å². The van der Waals surface area contributed by atoms with E-state index in [1.165, 1.54) is 0 Å². The second-order valence-corrected chi connectivity index (χ2v) is 8.48. The molecule has 0 aliphatic carbocycles. The minimum absolute atomic E-state index is 0.0551. The first-order valence-corrected chi connectivity index (χ1v) is 8.34. The van der Waals surface area contributed by atoms with Gasteiger partial charge in [-0.15, -0.1) is 0 Å². The molecule has 1 unspecified atom stereocenters. The molecule has 0 bridgehead atoms. The van der Waals surface area contributed by atoms with Crippen molar-refractivity contribution < 1.29 is 23.1 Å². The largest absolute Gasteiger partial charge is 0.480 e. The quantitative estimate of drug-likeness (QED) is 0.697. The van der Waals surface area contributed by atoms with Crippen molar-refractivity contribution in [2.45, 2.75) is 45.7 Å². The van der Waals surface area contributed by atoms with Crippen LogP contribution in [0.4, 0.5) is 4.79 Å². The van der Waals surface area contributed by atoms with Gasteiger partial charge in [0.2, 0.25) is 0 Å². The summed E-state index contributed by atoms with van der Waals surface area (Å²) in [6.45, 7) is 5.16. The first-order chi connectivity index (χ1) is 9.01. The van der Waals surface area contributed by atoms with Gasteiger partial charge in [0.15, 0.2) is 0 Å². The Hall–Kier alpha value is -1.31. The van der Waals surface area contributed by atoms with E-state index in [2.05, 4.69) is 10.6 Å². The Morgan fingerprint density at radius 2 is 1.70 bits per heavy atom. The van der Waals surface area contributed by atoms with E-state index in [0.717, 1.165) is 0 Å². The van der Waals surface area contributed by atoms with E-state index in [9.17, 15) is 18.0 Å². The van der Waals surface area contributed by atoms with Crippen molar-refractivity contribution in [2.75, 3.05) is 11.5 Å². The van der Waals surface area contributed by atoms with E-state index < -0.39 is 33.3 Å². The van der Waals surface area contributed by atoms with Crippen LogP contribution in [-0.2, 0) is 14.6 Å². The minimum Gasteiger partial charge on any atom is -0.480 e. The lowest BCUT2D eigenvalue weighted by Crippen LogP contribution is -2.54. The third-order valence-corrected chi connectivity index (χ3v) is 4.99. The third-order valence-electron chi connectivity index (χ3n) is 3.28. The molecule has 1 aliphatic heterocycles. The molecule has 0 spiro atoms. The summed E-state index contributed by atoms with van der Waals surface area (Å²) in [4.78, 5) is 22.9. The van der Waals surface area contributed by atoms with Crippen LogP contribution < -0.4 is 10.6 Å². The number of carboxylic acids is 1. The molecule has 0 saturated carbocycles. The molecule has 0 radical (unpaired) electrons. The Labute approximate surface area is 119 Å². The molecule has 8 heteroatoms. The van der Waals surface area contributed by atoms with Crippen molar-refractivity contribution >= 4 is 21.8 Å². The molecular formula is C12H22N2O5S. The first-order valence-electron chi connectivity index (χ1n) is 6.51. The van der Waals surface area contributed by atoms with Crippen molar-refractivity contribution in [3.05, 3.63) is 0 Å². The predicted octanol–water partition coefficient (Wildman–Crippen LogP) is 0.362. The van der Waals surface area contributed by atoms with Gasteiger partial charge in [0.1, 0.15) is 15.9 Å². The molecule has 1 saturated heterocycles. The van der Waals surface area contributed by atoms with Crippen LogP contribution in [0, 0.1) is 5.41 Å². The van der Waals surface area contributed by atoms with Gasteiger partial charge in [-0.25, -0.2) is 18.0 Å². The van der Waals surface area contributed by atoms with Crippen LogP contribution in [0.15, 0.2) is 0 Å². The fourth-order valence-electron chi connectivity index (χ4n) is 2.04. The van der Waals surface area contributed by atoms with Gasteiger partial charge in [-0.2, -0.15) is 0 Å². The summed E-state index contributed by atoms with van der Waals surface area (Å²) in [6, 6.07) is -1.81. The van der Waals surface area contributed by atoms with Crippen LogP contribution in [0.25, 0.3) is 0 Å². The molecule has 0 aromatic rings. The summed E-state index contributed by atoms with van der Waals surface area (Å²) in [5.41, 5.74) is -0.612. The lowest BCUT2D eigenvalue weighted by Gasteiger charge is -2.29. The Balaban J connectivity index is 2.53. The average molecular weight is 306 g/mol. The van der Waals surface area contributed by atoms with Gasteiger partial charge in [-0.3, -0.25) is 0 Å². The maximum absolute atomic E-state index is 11.8. The summed E-state index contributed by atoms with van der Waals surface area (Å²) >= 11 is 0. The monoisotopic (exact) mass is 306 g/mol.